The third-order valence-electron chi connectivity index (χ3n) is 3.36. The average Bonchev–Trinajstić information content (AvgIpc) is 2.71. The molecule has 1 N–H and O–H groups in total. The van der Waals surface area contributed by atoms with Crippen LogP contribution in [0.4, 0.5) is 0 Å². The van der Waals surface area contributed by atoms with Crippen LogP contribution < -0.4 is 5.32 Å². The molecule has 0 aromatic carbocycles. The molecule has 4 heteroatoms. The lowest BCUT2D eigenvalue weighted by molar-refractivity contribution is 0.302. The molecule has 0 unspecified atom stereocenters. The van der Waals surface area contributed by atoms with Crippen LogP contribution in [0.5, 0.6) is 0 Å². The molecule has 0 spiro atoms. The minimum absolute atomic E-state index is 0.438. The molecular formula is C14H28N4. The van der Waals surface area contributed by atoms with E-state index in [4.69, 9.17) is 0 Å². The van der Waals surface area contributed by atoms with Crippen molar-refractivity contribution in [3.63, 3.8) is 0 Å². The lowest BCUT2D eigenvalue weighted by atomic mass is 10.2. The van der Waals surface area contributed by atoms with Crippen LogP contribution in [0.1, 0.15) is 45.0 Å². The molecule has 18 heavy (non-hydrogen) atoms. The predicted molar refractivity (Wildman–Crippen MR) is 76.8 cm³/mol. The molecule has 0 aliphatic carbocycles. The van der Waals surface area contributed by atoms with Gasteiger partial charge in [-0.05, 0) is 33.9 Å². The smallest absolute Gasteiger partial charge is 0.0638 e. The summed E-state index contributed by atoms with van der Waals surface area (Å²) in [4.78, 5) is 2.43. The van der Waals surface area contributed by atoms with E-state index in [2.05, 4.69) is 56.1 Å². The van der Waals surface area contributed by atoms with Crippen molar-refractivity contribution < 1.29 is 0 Å². The highest BCUT2D eigenvalue weighted by molar-refractivity contribution is 5.15. The number of nitrogens with one attached hydrogen (secondary N) is 1. The minimum atomic E-state index is 0.438. The summed E-state index contributed by atoms with van der Waals surface area (Å²) in [6, 6.07) is 0.438. The van der Waals surface area contributed by atoms with E-state index in [0.717, 1.165) is 38.4 Å². The molecular weight excluding hydrogens is 224 g/mol. The number of aromatic nitrogens is 2. The van der Waals surface area contributed by atoms with Crippen molar-refractivity contribution in [2.75, 3.05) is 26.2 Å². The van der Waals surface area contributed by atoms with E-state index in [1.54, 1.807) is 0 Å². The van der Waals surface area contributed by atoms with Crippen LogP contribution in [0, 0.1) is 6.92 Å². The van der Waals surface area contributed by atoms with Gasteiger partial charge in [0.25, 0.3) is 0 Å². The van der Waals surface area contributed by atoms with Gasteiger partial charge in [-0.2, -0.15) is 5.10 Å². The van der Waals surface area contributed by atoms with Crippen LogP contribution in [0.2, 0.25) is 0 Å². The molecule has 4 nitrogen and oxygen atoms in total. The summed E-state index contributed by atoms with van der Waals surface area (Å²) in [6.07, 6.45) is 2.16. The first-order valence-corrected chi connectivity index (χ1v) is 7.06. The van der Waals surface area contributed by atoms with Crippen LogP contribution in [0.15, 0.2) is 6.20 Å². The van der Waals surface area contributed by atoms with Gasteiger partial charge in [-0.15, -0.1) is 0 Å². The van der Waals surface area contributed by atoms with Crippen molar-refractivity contribution in [1.29, 1.82) is 0 Å². The molecule has 0 saturated heterocycles. The normalized spacial score (nSPS) is 11.7. The van der Waals surface area contributed by atoms with Gasteiger partial charge in [0.05, 0.1) is 5.69 Å². The van der Waals surface area contributed by atoms with Crippen molar-refractivity contribution in [3.8, 4) is 0 Å². The molecule has 1 heterocycles. The van der Waals surface area contributed by atoms with Crippen molar-refractivity contribution in [2.24, 2.45) is 0 Å². The van der Waals surface area contributed by atoms with Crippen LogP contribution >= 0.6 is 0 Å². The lowest BCUT2D eigenvalue weighted by Gasteiger charge is -2.17. The largest absolute Gasteiger partial charge is 0.311 e. The molecule has 0 aliphatic heterocycles. The van der Waals surface area contributed by atoms with E-state index >= 15 is 0 Å². The molecule has 1 aromatic rings. The molecule has 0 atom stereocenters. The van der Waals surface area contributed by atoms with Crippen LogP contribution in [0.3, 0.4) is 0 Å². The van der Waals surface area contributed by atoms with E-state index in [0.29, 0.717) is 6.04 Å². The highest BCUT2D eigenvalue weighted by Gasteiger charge is 2.06. The van der Waals surface area contributed by atoms with Gasteiger partial charge >= 0.3 is 0 Å². The fourth-order valence-corrected chi connectivity index (χ4v) is 1.96. The van der Waals surface area contributed by atoms with Crippen molar-refractivity contribution in [1.82, 2.24) is 20.0 Å². The summed E-state index contributed by atoms with van der Waals surface area (Å²) < 4.78 is 2.04. The van der Waals surface area contributed by atoms with Crippen LogP contribution in [-0.4, -0.2) is 40.9 Å². The highest BCUT2D eigenvalue weighted by Crippen LogP contribution is 2.09. The average molecular weight is 252 g/mol. The topological polar surface area (TPSA) is 33.1 Å². The number of hydrogen-bond donors (Lipinski definition) is 1. The quantitative estimate of drug-likeness (QED) is 0.720. The lowest BCUT2D eigenvalue weighted by Crippen LogP contribution is -2.31. The molecule has 0 amide bonds. The Morgan fingerprint density at radius 2 is 2.00 bits per heavy atom. The monoisotopic (exact) mass is 252 g/mol. The van der Waals surface area contributed by atoms with Gasteiger partial charge in [0.2, 0.25) is 0 Å². The van der Waals surface area contributed by atoms with Gasteiger partial charge in [0, 0.05) is 37.4 Å². The van der Waals surface area contributed by atoms with Crippen molar-refractivity contribution in [3.05, 3.63) is 17.5 Å². The number of nitrogens with zero attached hydrogens (tertiary/aromatic N) is 3. The standard InChI is InChI=1S/C14H28N4/c1-6-17(7-2)9-8-15-10-14-11-18(12(3)4)16-13(14)5/h11-12,15H,6-10H2,1-5H3. The maximum absolute atomic E-state index is 4.52. The van der Waals surface area contributed by atoms with Gasteiger partial charge in [-0.1, -0.05) is 13.8 Å². The summed E-state index contributed by atoms with van der Waals surface area (Å²) in [7, 11) is 0. The molecule has 1 rings (SSSR count). The minimum Gasteiger partial charge on any atom is -0.311 e. The molecule has 0 saturated carbocycles. The second-order valence-electron chi connectivity index (χ2n) is 5.02. The summed E-state index contributed by atoms with van der Waals surface area (Å²) >= 11 is 0. The first-order valence-electron chi connectivity index (χ1n) is 7.06. The van der Waals surface area contributed by atoms with Gasteiger partial charge < -0.3 is 10.2 Å². The molecule has 1 aromatic heterocycles. The Hall–Kier alpha value is -0.870. The van der Waals surface area contributed by atoms with Gasteiger partial charge in [0.1, 0.15) is 0 Å². The van der Waals surface area contributed by atoms with Crippen LogP contribution in [-0.2, 0) is 6.54 Å². The Labute approximate surface area is 111 Å². The zero-order valence-corrected chi connectivity index (χ0v) is 12.5. The SMILES string of the molecule is CCN(CC)CCNCc1cn(C(C)C)nc1C. The predicted octanol–water partition coefficient (Wildman–Crippen LogP) is 2.20. The molecule has 0 fully saturated rings. The number of likely N-dealkylation sites (N-methyl/N-ethyl adjacent to an activating group) is 1. The maximum atomic E-state index is 4.52. The second-order valence-corrected chi connectivity index (χ2v) is 5.02. The Morgan fingerprint density at radius 3 is 2.50 bits per heavy atom. The number of hydrogen-bond acceptors (Lipinski definition) is 3. The van der Waals surface area contributed by atoms with E-state index in [1.807, 2.05) is 4.68 Å². The van der Waals surface area contributed by atoms with Gasteiger partial charge in [-0.3, -0.25) is 4.68 Å². The Balaban J connectivity index is 2.35. The molecule has 0 aliphatic rings. The van der Waals surface area contributed by atoms with Gasteiger partial charge in [0.15, 0.2) is 0 Å². The van der Waals surface area contributed by atoms with Crippen molar-refractivity contribution >= 4 is 0 Å². The summed E-state index contributed by atoms with van der Waals surface area (Å²) in [5.74, 6) is 0. The molecule has 0 bridgehead atoms. The summed E-state index contributed by atoms with van der Waals surface area (Å²) in [5.41, 5.74) is 2.45. The van der Waals surface area contributed by atoms with Gasteiger partial charge in [-0.25, -0.2) is 0 Å². The highest BCUT2D eigenvalue weighted by atomic mass is 15.3. The van der Waals surface area contributed by atoms with Crippen LogP contribution in [0.25, 0.3) is 0 Å². The number of rotatable bonds is 8. The van der Waals surface area contributed by atoms with Crippen molar-refractivity contribution in [2.45, 2.75) is 47.2 Å². The van der Waals surface area contributed by atoms with E-state index in [9.17, 15) is 0 Å². The first-order chi connectivity index (χ1) is 8.58. The third-order valence-corrected chi connectivity index (χ3v) is 3.36. The first kappa shape index (κ1) is 15.2. The maximum Gasteiger partial charge on any atom is 0.0638 e. The second kappa shape index (κ2) is 7.54. The Bertz CT molecular complexity index is 340. The molecule has 0 radical (unpaired) electrons. The van der Waals surface area contributed by atoms with E-state index in [-0.39, 0.29) is 0 Å². The van der Waals surface area contributed by atoms with E-state index < -0.39 is 0 Å². The summed E-state index contributed by atoms with van der Waals surface area (Å²) in [6.45, 7) is 16.1. The zero-order valence-electron chi connectivity index (χ0n) is 12.5. The van der Waals surface area contributed by atoms with E-state index in [1.165, 1.54) is 5.56 Å². The summed E-state index contributed by atoms with van der Waals surface area (Å²) in [5, 5.41) is 8.02. The fraction of sp³-hybridized carbons (Fsp3) is 0.786. The molecule has 104 valence electrons. The Kier molecular flexibility index (Phi) is 6.36. The fourth-order valence-electron chi connectivity index (χ4n) is 1.96. The zero-order chi connectivity index (χ0) is 13.5. The Morgan fingerprint density at radius 1 is 1.33 bits per heavy atom. The number of aryl methyl sites for hydroxylation is 1. The third kappa shape index (κ3) is 4.42.